The van der Waals surface area contributed by atoms with E-state index < -0.39 is 22.9 Å². The zero-order valence-corrected chi connectivity index (χ0v) is 36.6. The number of halogens is 3. The van der Waals surface area contributed by atoms with Gasteiger partial charge in [0.15, 0.2) is 0 Å². The molecule has 6 nitrogen and oxygen atoms in total. The number of ether oxygens (including phenoxy) is 2. The molecule has 6 rings (SSSR count). The molecule has 2 N–H and O–H groups in total. The van der Waals surface area contributed by atoms with Crippen molar-refractivity contribution in [3.63, 3.8) is 0 Å². The molecule has 9 heteroatoms. The van der Waals surface area contributed by atoms with E-state index in [2.05, 4.69) is 68.4 Å². The lowest BCUT2D eigenvalue weighted by atomic mass is 9.73. The van der Waals surface area contributed by atoms with Crippen molar-refractivity contribution in [2.45, 2.75) is 82.1 Å². The van der Waals surface area contributed by atoms with Crippen LogP contribution < -0.4 is 9.47 Å². The molecule has 2 fully saturated rings. The van der Waals surface area contributed by atoms with Crippen molar-refractivity contribution < 1.29 is 32.9 Å². The Bertz CT molecular complexity index is 2030. The highest BCUT2D eigenvalue weighted by atomic mass is 19.4. The van der Waals surface area contributed by atoms with Gasteiger partial charge in [-0.3, -0.25) is 0 Å². The van der Waals surface area contributed by atoms with E-state index in [1.807, 2.05) is 61.5 Å². The van der Waals surface area contributed by atoms with Crippen molar-refractivity contribution in [2.75, 3.05) is 55.5 Å². The van der Waals surface area contributed by atoms with Crippen LogP contribution in [0, 0.1) is 18.8 Å². The minimum atomic E-state index is -4.46. The van der Waals surface area contributed by atoms with Crippen molar-refractivity contribution in [1.82, 2.24) is 9.80 Å². The van der Waals surface area contributed by atoms with Crippen LogP contribution in [0.2, 0.25) is 0 Å². The quantitative estimate of drug-likeness (QED) is 0.147. The van der Waals surface area contributed by atoms with E-state index in [4.69, 9.17) is 9.47 Å². The summed E-state index contributed by atoms with van der Waals surface area (Å²) < 4.78 is 50.8. The maximum atomic E-state index is 13.4. The molecule has 0 spiro atoms. The summed E-state index contributed by atoms with van der Waals surface area (Å²) in [5.41, 5.74) is 3.64. The van der Waals surface area contributed by atoms with Crippen LogP contribution in [0.15, 0.2) is 108 Å². The van der Waals surface area contributed by atoms with Crippen LogP contribution in [0.4, 0.5) is 13.2 Å². The Hall–Kier alpha value is -4.41. The van der Waals surface area contributed by atoms with Crippen molar-refractivity contribution >= 4 is 12.2 Å². The van der Waals surface area contributed by atoms with Gasteiger partial charge in [0.05, 0.1) is 25.4 Å². The first kappa shape index (κ1) is 46.7. The average Bonchev–Trinajstić information content (AvgIpc) is 3.46. The summed E-state index contributed by atoms with van der Waals surface area (Å²) in [5.74, 6) is 1.57. The molecule has 4 aromatic carbocycles. The number of methoxy groups -OCH3 is 2. The first-order valence-corrected chi connectivity index (χ1v) is 21.2. The summed E-state index contributed by atoms with van der Waals surface area (Å²) in [7, 11) is 11.3. The Morgan fingerprint density at radius 1 is 0.667 bits per heavy atom. The first-order chi connectivity index (χ1) is 28.6. The number of alkyl halides is 3. The Balaban J connectivity index is 0.000000228. The van der Waals surface area contributed by atoms with Crippen molar-refractivity contribution in [2.24, 2.45) is 11.8 Å². The number of rotatable bonds is 11. The molecule has 2 aliphatic rings. The van der Waals surface area contributed by atoms with E-state index in [1.165, 1.54) is 17.2 Å². The Labute approximate surface area is 356 Å². The SMILES string of the molecule is COc1ccc(C=C2CCCCC(CN(C)C)C2(O)Cc2ccccc2C)cc1.COc1ccc(C=C2CCCCC(CN(C)C)C2(O)c2cccc(C(F)(F)F)c2)cc1. The lowest BCUT2D eigenvalue weighted by Crippen LogP contribution is -2.45. The topological polar surface area (TPSA) is 65.4 Å². The molecule has 0 bridgehead atoms. The van der Waals surface area contributed by atoms with Gasteiger partial charge in [-0.1, -0.05) is 85.7 Å². The van der Waals surface area contributed by atoms with Gasteiger partial charge < -0.3 is 29.5 Å². The number of hydrogen-bond acceptors (Lipinski definition) is 6. The molecule has 324 valence electrons. The van der Waals surface area contributed by atoms with Crippen LogP contribution in [0.25, 0.3) is 12.2 Å². The Morgan fingerprint density at radius 2 is 1.18 bits per heavy atom. The Morgan fingerprint density at radius 3 is 1.72 bits per heavy atom. The fraction of sp³-hybridized carbons (Fsp3) is 0.451. The lowest BCUT2D eigenvalue weighted by molar-refractivity contribution is -0.137. The molecule has 4 atom stereocenters. The molecule has 60 heavy (non-hydrogen) atoms. The molecule has 0 aliphatic heterocycles. The van der Waals surface area contributed by atoms with E-state index >= 15 is 0 Å². The van der Waals surface area contributed by atoms with Crippen LogP contribution in [0.1, 0.15) is 84.7 Å². The predicted molar refractivity (Wildman–Crippen MR) is 238 cm³/mol. The van der Waals surface area contributed by atoms with Crippen molar-refractivity contribution in [3.8, 4) is 11.5 Å². The smallest absolute Gasteiger partial charge is 0.416 e. The van der Waals surface area contributed by atoms with Crippen LogP contribution in [0.3, 0.4) is 0 Å². The average molecular weight is 827 g/mol. The van der Waals surface area contributed by atoms with E-state index in [0.29, 0.717) is 24.9 Å². The second kappa shape index (κ2) is 20.9. The van der Waals surface area contributed by atoms with Crippen molar-refractivity contribution in [1.29, 1.82) is 0 Å². The van der Waals surface area contributed by atoms with Gasteiger partial charge in [0.2, 0.25) is 0 Å². The fourth-order valence-corrected chi connectivity index (χ4v) is 9.03. The summed E-state index contributed by atoms with van der Waals surface area (Å²) in [4.78, 5) is 4.20. The van der Waals surface area contributed by atoms with Gasteiger partial charge in [0, 0.05) is 31.3 Å². The van der Waals surface area contributed by atoms with E-state index in [-0.39, 0.29) is 11.8 Å². The number of aryl methyl sites for hydroxylation is 1. The van der Waals surface area contributed by atoms with Gasteiger partial charge in [-0.25, -0.2) is 0 Å². The van der Waals surface area contributed by atoms with Crippen LogP contribution >= 0.6 is 0 Å². The second-order valence-electron chi connectivity index (χ2n) is 17.2. The zero-order chi connectivity index (χ0) is 43.5. The molecule has 2 saturated carbocycles. The number of hydrogen-bond donors (Lipinski definition) is 2. The third-order valence-corrected chi connectivity index (χ3v) is 12.2. The van der Waals surface area contributed by atoms with Gasteiger partial charge in [-0.05, 0) is 149 Å². The van der Waals surface area contributed by atoms with Gasteiger partial charge >= 0.3 is 6.18 Å². The molecule has 4 aromatic rings. The van der Waals surface area contributed by atoms with E-state index in [9.17, 15) is 23.4 Å². The fourth-order valence-electron chi connectivity index (χ4n) is 9.03. The predicted octanol–water partition coefficient (Wildman–Crippen LogP) is 10.8. The van der Waals surface area contributed by atoms with Crippen molar-refractivity contribution in [3.05, 3.63) is 142 Å². The second-order valence-corrected chi connectivity index (χ2v) is 17.2. The number of nitrogens with zero attached hydrogens (tertiary/aromatic N) is 2. The first-order valence-electron chi connectivity index (χ1n) is 21.2. The zero-order valence-electron chi connectivity index (χ0n) is 36.6. The highest BCUT2D eigenvalue weighted by Gasteiger charge is 2.44. The maximum Gasteiger partial charge on any atom is 0.416 e. The summed E-state index contributed by atoms with van der Waals surface area (Å²) in [6.07, 6.45) is 7.80. The normalized spacial score (nSPS) is 23.8. The summed E-state index contributed by atoms with van der Waals surface area (Å²) >= 11 is 0. The standard InChI is InChI=1S/C26H35NO2.C25H30F3NO2/c1-20-9-5-6-10-22(20)18-26(28)23(11-7-8-12-24(26)19-27(2)3)17-21-13-15-25(29-4)16-14-21;1-29(2)17-22-8-5-4-7-19(15-18-11-13-23(31-3)14-12-18)24(22,30)20-9-6-10-21(16-20)25(26,27)28/h5-6,9-10,13-17,24,28H,7-8,11-12,18-19H2,1-4H3;6,9-16,22,30H,4-5,7-8,17H2,1-3H3. The third kappa shape index (κ3) is 11.9. The van der Waals surface area contributed by atoms with Gasteiger partial charge in [0.25, 0.3) is 0 Å². The summed E-state index contributed by atoms with van der Waals surface area (Å²) in [6, 6.07) is 29.2. The molecule has 0 saturated heterocycles. The van der Waals surface area contributed by atoms with Crippen LogP contribution in [0.5, 0.6) is 11.5 Å². The van der Waals surface area contributed by atoms with E-state index in [1.54, 1.807) is 20.3 Å². The van der Waals surface area contributed by atoms with Crippen LogP contribution in [-0.4, -0.2) is 81.1 Å². The molecular weight excluding hydrogens is 762 g/mol. The number of benzene rings is 4. The van der Waals surface area contributed by atoms with E-state index in [0.717, 1.165) is 97.4 Å². The molecular formula is C51H65F3N2O4. The van der Waals surface area contributed by atoms with Crippen LogP contribution in [-0.2, 0) is 18.2 Å². The molecule has 0 heterocycles. The highest BCUT2D eigenvalue weighted by Crippen LogP contribution is 2.47. The summed E-state index contributed by atoms with van der Waals surface area (Å²) in [5, 5.41) is 24.4. The Kier molecular flexibility index (Phi) is 16.3. The lowest BCUT2D eigenvalue weighted by Gasteiger charge is -2.39. The largest absolute Gasteiger partial charge is 0.497 e. The van der Waals surface area contributed by atoms with Gasteiger partial charge in [-0.15, -0.1) is 0 Å². The molecule has 0 radical (unpaired) electrons. The summed E-state index contributed by atoms with van der Waals surface area (Å²) in [6.45, 7) is 3.61. The van der Waals surface area contributed by atoms with Gasteiger partial charge in [-0.2, -0.15) is 13.2 Å². The van der Waals surface area contributed by atoms with Gasteiger partial charge in [0.1, 0.15) is 17.1 Å². The molecule has 0 amide bonds. The minimum absolute atomic E-state index is 0.212. The molecule has 4 unspecified atom stereocenters. The molecule has 0 aromatic heterocycles. The minimum Gasteiger partial charge on any atom is -0.497 e. The monoisotopic (exact) mass is 826 g/mol. The third-order valence-electron chi connectivity index (χ3n) is 12.2. The number of aliphatic hydroxyl groups is 2. The maximum absolute atomic E-state index is 13.4. The highest BCUT2D eigenvalue weighted by molar-refractivity contribution is 5.59. The molecule has 2 aliphatic carbocycles.